The molecule has 0 aliphatic carbocycles. The normalized spacial score (nSPS) is 13.3. The molecule has 0 amide bonds. The standard InChI is InChI=1S/2C43H64O3.2O.2V/c2*1-38(2,3)25-19-28(35(44)31(22-25)41(10,11)12)34(29-20-26(39(4,5)6)23-32(36(29)45)42(13,14)15)30-21-27(40(7,8)9)24-33(37(30)46)43(16,17)18;;;;/h2*19-24,34,44-46H,1-18H3;;;;/q;;2*-2;;/p-6. The van der Waals surface area contributed by atoms with Crippen molar-refractivity contribution in [3.63, 3.8) is 0 Å². The Balaban J connectivity index is 0.000000922. The van der Waals surface area contributed by atoms with Gasteiger partial charge in [0.1, 0.15) is 0 Å². The van der Waals surface area contributed by atoms with Gasteiger partial charge in [-0.15, -0.1) is 34.5 Å². The summed E-state index contributed by atoms with van der Waals surface area (Å²) < 4.78 is 0. The van der Waals surface area contributed by atoms with Gasteiger partial charge < -0.3 is 41.6 Å². The summed E-state index contributed by atoms with van der Waals surface area (Å²) >= 11 is 0. The van der Waals surface area contributed by atoms with Crippen molar-refractivity contribution in [1.82, 2.24) is 0 Å². The Bertz CT molecular complexity index is 3070. The van der Waals surface area contributed by atoms with Gasteiger partial charge in [0.05, 0.1) is 0 Å². The molecule has 0 spiro atoms. The maximum atomic E-state index is 14.8. The van der Waals surface area contributed by atoms with Crippen molar-refractivity contribution in [2.45, 2.75) is 326 Å². The fourth-order valence-corrected chi connectivity index (χ4v) is 12.1. The van der Waals surface area contributed by atoms with Crippen LogP contribution in [-0.2, 0) is 113 Å². The van der Waals surface area contributed by atoms with E-state index in [1.165, 1.54) is 0 Å². The molecular weight excluding hydrogens is 1260 g/mol. The minimum absolute atomic E-state index is 0. The van der Waals surface area contributed by atoms with Gasteiger partial charge >= 0.3 is 0 Å². The predicted molar refractivity (Wildman–Crippen MR) is 383 cm³/mol. The molecule has 0 bridgehead atoms. The first-order chi connectivity index (χ1) is 40.7. The fraction of sp³-hybridized carbons (Fsp3) is 0.581. The van der Waals surface area contributed by atoms with Crippen molar-refractivity contribution in [1.29, 1.82) is 0 Å². The van der Waals surface area contributed by atoms with Crippen LogP contribution in [0.25, 0.3) is 0 Å². The third-order valence-electron chi connectivity index (χ3n) is 18.6. The predicted octanol–water partition coefficient (Wildman–Crippen LogP) is 19.5. The molecule has 6 rings (SSSR count). The van der Waals surface area contributed by atoms with Crippen LogP contribution in [0.1, 0.15) is 361 Å². The Morgan fingerprint density at radius 1 is 0.177 bits per heavy atom. The SMILES string of the molecule is CC(C)(C)c1cc(C(c2cc(C(C)(C)C)cc(C(C)(C)C)c2[O-])c2cc(C(C)(C)C)cc(C(C)(C)C)c2[O-])c([O-])c(C(C)(C)C)c1.CC(C)(C)c1cc(C(c2cc(C(C)(C)C)cc(C(C)(C)C)c2[O-])c2cc(C(C)(C)C)cc(C(C)(C)C)c2[O-])c([O-])c(C(C)(C)C)c1.[O-2].[O-2].[V].[V]. The van der Waals surface area contributed by atoms with E-state index in [4.69, 9.17) is 0 Å². The summed E-state index contributed by atoms with van der Waals surface area (Å²) in [5, 5.41) is 89.0. The van der Waals surface area contributed by atoms with Crippen LogP contribution in [0.15, 0.2) is 72.8 Å². The molecule has 0 saturated carbocycles. The maximum absolute atomic E-state index is 14.8. The van der Waals surface area contributed by atoms with Crippen LogP contribution >= 0.6 is 0 Å². The first kappa shape index (κ1) is 89.2. The molecule has 0 aliphatic rings. The summed E-state index contributed by atoms with van der Waals surface area (Å²) in [5.41, 5.74) is 9.11. The van der Waals surface area contributed by atoms with Crippen LogP contribution in [0.5, 0.6) is 34.5 Å². The van der Waals surface area contributed by atoms with Crippen molar-refractivity contribution >= 4 is 0 Å². The summed E-state index contributed by atoms with van der Waals surface area (Å²) in [4.78, 5) is 0. The van der Waals surface area contributed by atoms with Gasteiger partial charge in [0.2, 0.25) is 0 Å². The van der Waals surface area contributed by atoms with Crippen LogP contribution in [-0.4, -0.2) is 0 Å². The number of rotatable bonds is 6. The molecule has 10 heteroatoms. The Morgan fingerprint density at radius 3 is 0.344 bits per heavy atom. The van der Waals surface area contributed by atoms with Gasteiger partial charge in [0.25, 0.3) is 0 Å². The zero-order valence-electron chi connectivity index (χ0n) is 66.2. The maximum Gasteiger partial charge on any atom is 0.0322 e. The van der Waals surface area contributed by atoms with E-state index in [-0.39, 0.29) is 115 Å². The van der Waals surface area contributed by atoms with Gasteiger partial charge in [0, 0.05) is 48.9 Å². The zero-order chi connectivity index (χ0) is 71.5. The van der Waals surface area contributed by atoms with Gasteiger partial charge in [-0.3, -0.25) is 0 Å². The van der Waals surface area contributed by atoms with E-state index < -0.39 is 44.3 Å². The van der Waals surface area contributed by atoms with Gasteiger partial charge in [-0.1, -0.05) is 322 Å². The molecule has 8 nitrogen and oxygen atoms in total. The Kier molecular flexibility index (Phi) is 27.0. The van der Waals surface area contributed by atoms with E-state index in [0.29, 0.717) is 66.8 Å². The summed E-state index contributed by atoms with van der Waals surface area (Å²) in [6.45, 7) is 75.7. The van der Waals surface area contributed by atoms with E-state index in [2.05, 4.69) is 249 Å². The van der Waals surface area contributed by atoms with Gasteiger partial charge in [-0.05, 0) is 165 Å². The second kappa shape index (κ2) is 29.0. The van der Waals surface area contributed by atoms with Crippen LogP contribution in [0.3, 0.4) is 0 Å². The van der Waals surface area contributed by atoms with Crippen LogP contribution < -0.4 is 30.6 Å². The smallest absolute Gasteiger partial charge is 0.0322 e. The van der Waals surface area contributed by atoms with E-state index in [1.807, 2.05) is 72.8 Å². The molecule has 534 valence electrons. The van der Waals surface area contributed by atoms with Crippen molar-refractivity contribution in [2.24, 2.45) is 0 Å². The summed E-state index contributed by atoms with van der Waals surface area (Å²) in [7, 11) is 0. The minimum Gasteiger partial charge on any atom is -2.00 e. The molecule has 0 N–H and O–H groups in total. The molecule has 0 saturated heterocycles. The van der Waals surface area contributed by atoms with E-state index >= 15 is 0 Å². The summed E-state index contributed by atoms with van der Waals surface area (Å²) in [5.74, 6) is -2.24. The van der Waals surface area contributed by atoms with Gasteiger partial charge in [-0.2, -0.15) is 0 Å². The van der Waals surface area contributed by atoms with Crippen LogP contribution in [0.2, 0.25) is 0 Å². The molecule has 0 aliphatic heterocycles. The molecule has 96 heavy (non-hydrogen) atoms. The monoisotopic (exact) mass is 1380 g/mol. The van der Waals surface area contributed by atoms with Crippen molar-refractivity contribution in [3.05, 3.63) is 173 Å². The second-order valence-electron chi connectivity index (χ2n) is 39.5. The van der Waals surface area contributed by atoms with Crippen LogP contribution in [0.4, 0.5) is 0 Å². The Hall–Kier alpha value is -4.79. The molecule has 0 atom stereocenters. The molecule has 2 radical (unpaired) electrons. The van der Waals surface area contributed by atoms with Crippen molar-refractivity contribution in [3.8, 4) is 34.5 Å². The topological polar surface area (TPSA) is 195 Å². The number of hydrogen-bond acceptors (Lipinski definition) is 6. The third-order valence-corrected chi connectivity index (χ3v) is 18.6. The Labute approximate surface area is 608 Å². The molecule has 6 aromatic rings. The van der Waals surface area contributed by atoms with Crippen molar-refractivity contribution in [2.75, 3.05) is 0 Å². The van der Waals surface area contributed by atoms with Gasteiger partial charge in [0.15, 0.2) is 0 Å². The summed E-state index contributed by atoms with van der Waals surface area (Å²) in [6, 6.07) is 24.2. The first-order valence-corrected chi connectivity index (χ1v) is 33.9. The van der Waals surface area contributed by atoms with Gasteiger partial charge in [-0.25, -0.2) is 0 Å². The average Bonchev–Trinajstić information content (AvgIpc) is 0.741. The van der Waals surface area contributed by atoms with E-state index in [1.54, 1.807) is 0 Å². The molecule has 6 aromatic carbocycles. The fourth-order valence-electron chi connectivity index (χ4n) is 12.1. The van der Waals surface area contributed by atoms with E-state index in [0.717, 1.165) is 33.4 Å². The summed E-state index contributed by atoms with van der Waals surface area (Å²) in [6.07, 6.45) is 0. The van der Waals surface area contributed by atoms with Crippen molar-refractivity contribution < 1.29 is 78.7 Å². The molecule has 0 heterocycles. The first-order valence-electron chi connectivity index (χ1n) is 33.9. The molecule has 0 unspecified atom stereocenters. The average molecular weight is 1390 g/mol. The largest absolute Gasteiger partial charge is 2.00 e. The molecule has 0 aromatic heterocycles. The van der Waals surface area contributed by atoms with E-state index in [9.17, 15) is 30.6 Å². The molecular formula is C86H122O8V2-10. The molecule has 0 fully saturated rings. The third kappa shape index (κ3) is 19.8. The minimum atomic E-state index is -0.831. The second-order valence-corrected chi connectivity index (χ2v) is 39.5. The zero-order valence-corrected chi connectivity index (χ0v) is 69.0. The number of hydrogen-bond donors (Lipinski definition) is 0. The van der Waals surface area contributed by atoms with Crippen LogP contribution in [0, 0.1) is 0 Å². The quantitative estimate of drug-likeness (QED) is 0.149. The Morgan fingerprint density at radius 2 is 0.271 bits per heavy atom. The number of benzene rings is 6.